The van der Waals surface area contributed by atoms with Crippen LogP contribution in [0.3, 0.4) is 0 Å². The molecule has 0 spiro atoms. The minimum Gasteiger partial charge on any atom is -0.379 e. The lowest BCUT2D eigenvalue weighted by Crippen LogP contribution is -1.69. The molecule has 0 atom stereocenters. The van der Waals surface area contributed by atoms with Crippen molar-refractivity contribution in [2.24, 2.45) is 0 Å². The fraction of sp³-hybridized carbons (Fsp3) is 0.750. The summed E-state index contributed by atoms with van der Waals surface area (Å²) >= 11 is 1.44. The minimum atomic E-state index is 1.02. The van der Waals surface area contributed by atoms with Gasteiger partial charge in [0.05, 0.1) is 0 Å². The van der Waals surface area contributed by atoms with Gasteiger partial charge in [-0.3, -0.25) is 0 Å². The summed E-state index contributed by atoms with van der Waals surface area (Å²) in [5.41, 5.74) is 0. The Labute approximate surface area is 42.8 Å². The molecule has 0 saturated carbocycles. The second-order valence-electron chi connectivity index (χ2n) is 0.976. The molecule has 2 heteroatoms. The van der Waals surface area contributed by atoms with Gasteiger partial charge in [-0.05, 0) is 12.2 Å². The average molecular weight is 105 g/mol. The highest BCUT2D eigenvalue weighted by molar-refractivity contribution is 8.01. The third kappa shape index (κ3) is 4.31. The molecule has 1 radical (unpaired) electrons. The zero-order chi connectivity index (χ0) is 4.83. The van der Waals surface area contributed by atoms with Crippen molar-refractivity contribution in [3.63, 3.8) is 0 Å². The van der Waals surface area contributed by atoms with E-state index in [1.807, 2.05) is 0 Å². The molecular weight excluding hydrogens is 96.1 g/mol. The van der Waals surface area contributed by atoms with Gasteiger partial charge in [-0.2, -0.15) is 0 Å². The van der Waals surface area contributed by atoms with Crippen LogP contribution >= 0.6 is 11.8 Å². The molecule has 0 aromatic rings. The highest BCUT2D eigenvalue weighted by Crippen LogP contribution is 2.01. The summed E-state index contributed by atoms with van der Waals surface area (Å²) in [6.07, 6.45) is 1.13. The first-order valence-corrected chi connectivity index (χ1v) is 3.04. The smallest absolute Gasteiger partial charge is 0.135 e. The highest BCUT2D eigenvalue weighted by Gasteiger charge is 1.76. The van der Waals surface area contributed by atoms with E-state index in [-0.39, 0.29) is 0 Å². The minimum absolute atomic E-state index is 1.02. The summed E-state index contributed by atoms with van der Waals surface area (Å²) in [4.78, 5) is 0. The molecule has 0 aliphatic heterocycles. The summed E-state index contributed by atoms with van der Waals surface area (Å²) in [5.74, 6) is 2.15. The van der Waals surface area contributed by atoms with Crippen molar-refractivity contribution in [1.82, 2.24) is 0 Å². The fourth-order valence-corrected chi connectivity index (χ4v) is 0.512. The lowest BCUT2D eigenvalue weighted by Gasteiger charge is -1.85. The number of aliphatic hydroxyl groups is 1. The largest absolute Gasteiger partial charge is 0.379 e. The molecule has 0 aromatic heterocycles. The molecule has 0 fully saturated rings. The third-order valence-corrected chi connectivity index (χ3v) is 1.19. The SMILES string of the molecule is CCCS[CH]O. The number of thioether (sulfide) groups is 1. The predicted octanol–water partition coefficient (Wildman–Crippen LogP) is 1.62. The average Bonchev–Trinajstić information content (AvgIpc) is 1.61. The lowest BCUT2D eigenvalue weighted by molar-refractivity contribution is 0.446. The van der Waals surface area contributed by atoms with E-state index < -0.39 is 0 Å². The Morgan fingerprint density at radius 3 is 2.67 bits per heavy atom. The van der Waals surface area contributed by atoms with Crippen LogP contribution in [0.1, 0.15) is 13.3 Å². The molecule has 0 bridgehead atoms. The first-order valence-electron chi connectivity index (χ1n) is 1.99. The van der Waals surface area contributed by atoms with Gasteiger partial charge in [-0.1, -0.05) is 6.92 Å². The van der Waals surface area contributed by atoms with E-state index in [4.69, 9.17) is 5.11 Å². The highest BCUT2D eigenvalue weighted by atomic mass is 32.2. The van der Waals surface area contributed by atoms with Gasteiger partial charge >= 0.3 is 0 Å². The van der Waals surface area contributed by atoms with E-state index >= 15 is 0 Å². The van der Waals surface area contributed by atoms with Crippen LogP contribution in [0.15, 0.2) is 0 Å². The van der Waals surface area contributed by atoms with Crippen molar-refractivity contribution in [3.05, 3.63) is 5.94 Å². The van der Waals surface area contributed by atoms with Gasteiger partial charge in [-0.15, -0.1) is 11.8 Å². The maximum Gasteiger partial charge on any atom is 0.135 e. The van der Waals surface area contributed by atoms with E-state index in [9.17, 15) is 0 Å². The van der Waals surface area contributed by atoms with Crippen molar-refractivity contribution >= 4 is 11.8 Å². The Kier molecular flexibility index (Phi) is 5.58. The summed E-state index contributed by atoms with van der Waals surface area (Å²) < 4.78 is 0. The van der Waals surface area contributed by atoms with E-state index in [0.29, 0.717) is 0 Å². The molecule has 37 valence electrons. The molecule has 0 aromatic carbocycles. The van der Waals surface area contributed by atoms with Gasteiger partial charge < -0.3 is 5.11 Å². The molecule has 6 heavy (non-hydrogen) atoms. The molecule has 0 saturated heterocycles. The molecule has 0 rings (SSSR count). The van der Waals surface area contributed by atoms with Crippen molar-refractivity contribution in [2.45, 2.75) is 13.3 Å². The number of hydrogen-bond donors (Lipinski definition) is 1. The first-order chi connectivity index (χ1) is 2.91. The van der Waals surface area contributed by atoms with E-state index in [1.165, 1.54) is 11.8 Å². The molecular formula is C4H9OS. The standard InChI is InChI=1S/C4H9OS/c1-2-3-6-4-5/h4-5H,2-3H2,1H3. The lowest BCUT2D eigenvalue weighted by atomic mass is 10.6. The van der Waals surface area contributed by atoms with Crippen LogP contribution in [0.5, 0.6) is 0 Å². The maximum atomic E-state index is 8.04. The second kappa shape index (κ2) is 5.31. The Morgan fingerprint density at radius 1 is 1.83 bits per heavy atom. The van der Waals surface area contributed by atoms with Crippen LogP contribution in [0.25, 0.3) is 0 Å². The molecule has 0 aliphatic rings. The first kappa shape index (κ1) is 6.31. The van der Waals surface area contributed by atoms with Gasteiger partial charge in [-0.25, -0.2) is 0 Å². The van der Waals surface area contributed by atoms with Gasteiger partial charge in [0.1, 0.15) is 5.94 Å². The molecule has 0 unspecified atom stereocenters. The van der Waals surface area contributed by atoms with Crippen molar-refractivity contribution in [2.75, 3.05) is 5.75 Å². The fourth-order valence-electron chi connectivity index (χ4n) is 0.171. The predicted molar refractivity (Wildman–Crippen MR) is 29.0 cm³/mol. The summed E-state index contributed by atoms with van der Waals surface area (Å²) in [5, 5.41) is 8.04. The van der Waals surface area contributed by atoms with Crippen LogP contribution in [-0.2, 0) is 0 Å². The van der Waals surface area contributed by atoms with Crippen LogP contribution in [0, 0.1) is 5.94 Å². The maximum absolute atomic E-state index is 8.04. The zero-order valence-electron chi connectivity index (χ0n) is 3.85. The molecule has 0 aliphatic carbocycles. The monoisotopic (exact) mass is 105 g/mol. The summed E-state index contributed by atoms with van der Waals surface area (Å²) in [6.45, 7) is 2.08. The Morgan fingerprint density at radius 2 is 2.50 bits per heavy atom. The Balaban J connectivity index is 2.34. The topological polar surface area (TPSA) is 20.2 Å². The Hall–Kier alpha value is 0.310. The number of hydrogen-bond acceptors (Lipinski definition) is 2. The van der Waals surface area contributed by atoms with Crippen molar-refractivity contribution in [3.8, 4) is 0 Å². The molecule has 0 amide bonds. The molecule has 1 nitrogen and oxygen atoms in total. The van der Waals surface area contributed by atoms with Crippen LogP contribution < -0.4 is 0 Å². The van der Waals surface area contributed by atoms with E-state index in [1.54, 1.807) is 0 Å². The number of rotatable bonds is 3. The quantitative estimate of drug-likeness (QED) is 0.550. The van der Waals surface area contributed by atoms with Crippen LogP contribution in [-0.4, -0.2) is 10.9 Å². The summed E-state index contributed by atoms with van der Waals surface area (Å²) in [7, 11) is 0. The van der Waals surface area contributed by atoms with Crippen LogP contribution in [0.2, 0.25) is 0 Å². The van der Waals surface area contributed by atoms with Crippen LogP contribution in [0.4, 0.5) is 0 Å². The van der Waals surface area contributed by atoms with Crippen molar-refractivity contribution in [1.29, 1.82) is 0 Å². The summed E-state index contributed by atoms with van der Waals surface area (Å²) in [6, 6.07) is 0. The molecule has 0 heterocycles. The van der Waals surface area contributed by atoms with Crippen molar-refractivity contribution < 1.29 is 5.11 Å². The van der Waals surface area contributed by atoms with Gasteiger partial charge in [0, 0.05) is 0 Å². The van der Waals surface area contributed by atoms with Gasteiger partial charge in [0.15, 0.2) is 0 Å². The number of aliphatic hydroxyl groups excluding tert-OH is 1. The second-order valence-corrected chi connectivity index (χ2v) is 1.93. The molecule has 1 N–H and O–H groups in total. The third-order valence-electron chi connectivity index (χ3n) is 0.397. The van der Waals surface area contributed by atoms with E-state index in [0.717, 1.165) is 18.1 Å². The zero-order valence-corrected chi connectivity index (χ0v) is 4.66. The van der Waals surface area contributed by atoms with Gasteiger partial charge in [0.25, 0.3) is 0 Å². The van der Waals surface area contributed by atoms with E-state index in [2.05, 4.69) is 6.92 Å². The van der Waals surface area contributed by atoms with Gasteiger partial charge in [0.2, 0.25) is 0 Å². The normalized spacial score (nSPS) is 9.00. The Bertz CT molecular complexity index is 19.5.